The topological polar surface area (TPSA) is 32.3 Å². The number of nitrogens with zero attached hydrogens (tertiary/aromatic N) is 1. The molecule has 1 heterocycles. The maximum Gasteiger partial charge on any atom is 0.234 e. The van der Waals surface area contributed by atoms with Crippen molar-refractivity contribution in [3.8, 4) is 0 Å². The summed E-state index contributed by atoms with van der Waals surface area (Å²) in [7, 11) is 0. The average molecular weight is 332 g/mol. The first-order chi connectivity index (χ1) is 11.7. The summed E-state index contributed by atoms with van der Waals surface area (Å²) in [5.41, 5.74) is 1.15. The minimum atomic E-state index is -0.190. The van der Waals surface area contributed by atoms with E-state index in [0.29, 0.717) is 18.6 Å². The standard InChI is InChI=1S/C20H29FN2O/c21-17-11-9-16(10-12-17)14-19-8-5-13-23(19)15-20(24)22-18-6-3-1-2-4-7-18/h9-12,18-19H,1-8,13-15H2,(H,22,24)/t19-/m1/s1. The Morgan fingerprint density at radius 1 is 1.04 bits per heavy atom. The smallest absolute Gasteiger partial charge is 0.234 e. The molecule has 24 heavy (non-hydrogen) atoms. The average Bonchev–Trinajstić information content (AvgIpc) is 2.82. The van der Waals surface area contributed by atoms with E-state index in [2.05, 4.69) is 10.2 Å². The molecular formula is C20H29FN2O. The van der Waals surface area contributed by atoms with Gasteiger partial charge in [0.1, 0.15) is 5.82 Å². The summed E-state index contributed by atoms with van der Waals surface area (Å²) in [5, 5.41) is 3.25. The van der Waals surface area contributed by atoms with Crippen LogP contribution in [0.5, 0.6) is 0 Å². The van der Waals surface area contributed by atoms with Gasteiger partial charge in [0.25, 0.3) is 0 Å². The predicted molar refractivity (Wildman–Crippen MR) is 94.3 cm³/mol. The summed E-state index contributed by atoms with van der Waals surface area (Å²) < 4.78 is 13.0. The fraction of sp³-hybridized carbons (Fsp3) is 0.650. The summed E-state index contributed by atoms with van der Waals surface area (Å²) in [6, 6.07) is 7.53. The largest absolute Gasteiger partial charge is 0.352 e. The number of hydrogen-bond acceptors (Lipinski definition) is 2. The molecule has 0 aromatic heterocycles. The lowest BCUT2D eigenvalue weighted by Crippen LogP contribution is -2.44. The van der Waals surface area contributed by atoms with E-state index in [1.165, 1.54) is 37.8 Å². The molecule has 1 aromatic rings. The van der Waals surface area contributed by atoms with Crippen LogP contribution in [0.1, 0.15) is 56.9 Å². The highest BCUT2D eigenvalue weighted by Crippen LogP contribution is 2.21. The number of benzene rings is 1. The molecule has 1 aromatic carbocycles. The summed E-state index contributed by atoms with van der Waals surface area (Å²) in [6.45, 7) is 1.49. The highest BCUT2D eigenvalue weighted by atomic mass is 19.1. The van der Waals surface area contributed by atoms with Gasteiger partial charge in [-0.15, -0.1) is 0 Å². The molecule has 0 spiro atoms. The second-order valence-corrected chi connectivity index (χ2v) is 7.35. The molecule has 1 aliphatic heterocycles. The number of carbonyl (C=O) groups excluding carboxylic acids is 1. The molecule has 2 aliphatic rings. The molecule has 1 atom stereocenters. The SMILES string of the molecule is O=C(CN1CCC[C@@H]1Cc1ccc(F)cc1)NC1CCCCCC1. The highest BCUT2D eigenvalue weighted by Gasteiger charge is 2.27. The quantitative estimate of drug-likeness (QED) is 0.835. The molecule has 1 aliphatic carbocycles. The normalized spacial score (nSPS) is 23.1. The van der Waals surface area contributed by atoms with E-state index in [0.717, 1.165) is 44.2 Å². The van der Waals surface area contributed by atoms with Crippen LogP contribution in [0.3, 0.4) is 0 Å². The minimum Gasteiger partial charge on any atom is -0.352 e. The van der Waals surface area contributed by atoms with Crippen molar-refractivity contribution in [2.75, 3.05) is 13.1 Å². The Morgan fingerprint density at radius 2 is 1.75 bits per heavy atom. The molecule has 1 amide bonds. The van der Waals surface area contributed by atoms with E-state index in [1.807, 2.05) is 12.1 Å². The number of likely N-dealkylation sites (tertiary alicyclic amines) is 1. The number of rotatable bonds is 5. The van der Waals surface area contributed by atoms with E-state index >= 15 is 0 Å². The molecule has 2 fully saturated rings. The van der Waals surface area contributed by atoms with Gasteiger partial charge in [0.2, 0.25) is 5.91 Å². The lowest BCUT2D eigenvalue weighted by molar-refractivity contribution is -0.123. The third-order valence-electron chi connectivity index (χ3n) is 5.45. The zero-order valence-corrected chi connectivity index (χ0v) is 14.5. The van der Waals surface area contributed by atoms with E-state index < -0.39 is 0 Å². The van der Waals surface area contributed by atoms with Crippen molar-refractivity contribution in [1.29, 1.82) is 0 Å². The zero-order valence-electron chi connectivity index (χ0n) is 14.5. The second-order valence-electron chi connectivity index (χ2n) is 7.35. The van der Waals surface area contributed by atoms with Gasteiger partial charge in [0, 0.05) is 12.1 Å². The maximum atomic E-state index is 13.0. The second kappa shape index (κ2) is 8.61. The molecule has 0 radical (unpaired) electrons. The van der Waals surface area contributed by atoms with Gasteiger partial charge >= 0.3 is 0 Å². The highest BCUT2D eigenvalue weighted by molar-refractivity contribution is 5.78. The first-order valence-corrected chi connectivity index (χ1v) is 9.48. The van der Waals surface area contributed by atoms with Gasteiger partial charge in [0.15, 0.2) is 0 Å². The van der Waals surface area contributed by atoms with Gasteiger partial charge in [-0.25, -0.2) is 4.39 Å². The molecule has 1 N–H and O–H groups in total. The van der Waals surface area contributed by atoms with Crippen LogP contribution in [0.15, 0.2) is 24.3 Å². The lowest BCUT2D eigenvalue weighted by Gasteiger charge is -2.25. The van der Waals surface area contributed by atoms with Crippen molar-refractivity contribution in [2.45, 2.75) is 69.9 Å². The van der Waals surface area contributed by atoms with E-state index in [4.69, 9.17) is 0 Å². The van der Waals surface area contributed by atoms with Crippen molar-refractivity contribution >= 4 is 5.91 Å². The van der Waals surface area contributed by atoms with E-state index in [-0.39, 0.29) is 11.7 Å². The molecule has 3 rings (SSSR count). The van der Waals surface area contributed by atoms with Gasteiger partial charge in [-0.1, -0.05) is 37.8 Å². The Labute approximate surface area is 144 Å². The Kier molecular flexibility index (Phi) is 6.24. The van der Waals surface area contributed by atoms with Gasteiger partial charge in [0.05, 0.1) is 6.54 Å². The van der Waals surface area contributed by atoms with E-state index in [1.54, 1.807) is 0 Å². The van der Waals surface area contributed by atoms with Crippen LogP contribution < -0.4 is 5.32 Å². The van der Waals surface area contributed by atoms with Crippen LogP contribution in [0.25, 0.3) is 0 Å². The molecule has 132 valence electrons. The summed E-state index contributed by atoms with van der Waals surface area (Å²) in [4.78, 5) is 14.7. The molecule has 0 bridgehead atoms. The predicted octanol–water partition coefficient (Wildman–Crippen LogP) is 3.67. The molecular weight excluding hydrogens is 303 g/mol. The first kappa shape index (κ1) is 17.4. The van der Waals surface area contributed by atoms with Gasteiger partial charge < -0.3 is 5.32 Å². The van der Waals surface area contributed by atoms with Crippen LogP contribution in [-0.4, -0.2) is 36.0 Å². The molecule has 1 saturated heterocycles. The fourth-order valence-electron chi connectivity index (χ4n) is 4.11. The summed E-state index contributed by atoms with van der Waals surface area (Å²) in [5.74, 6) is -0.0160. The number of halogens is 1. The van der Waals surface area contributed by atoms with Crippen LogP contribution in [0, 0.1) is 5.82 Å². The maximum absolute atomic E-state index is 13.0. The van der Waals surface area contributed by atoms with Crippen LogP contribution >= 0.6 is 0 Å². The molecule has 4 heteroatoms. The number of carbonyl (C=O) groups is 1. The molecule has 0 unspecified atom stereocenters. The zero-order chi connectivity index (χ0) is 16.8. The molecule has 3 nitrogen and oxygen atoms in total. The number of nitrogens with one attached hydrogen (secondary N) is 1. The fourth-order valence-corrected chi connectivity index (χ4v) is 4.11. The van der Waals surface area contributed by atoms with Crippen LogP contribution in [-0.2, 0) is 11.2 Å². The van der Waals surface area contributed by atoms with Crippen LogP contribution in [0.4, 0.5) is 4.39 Å². The van der Waals surface area contributed by atoms with Gasteiger partial charge in [-0.2, -0.15) is 0 Å². The van der Waals surface area contributed by atoms with Crippen molar-refractivity contribution < 1.29 is 9.18 Å². The summed E-state index contributed by atoms with van der Waals surface area (Å²) in [6.07, 6.45) is 10.5. The van der Waals surface area contributed by atoms with E-state index in [9.17, 15) is 9.18 Å². The third kappa shape index (κ3) is 5.04. The van der Waals surface area contributed by atoms with Crippen molar-refractivity contribution in [2.24, 2.45) is 0 Å². The third-order valence-corrected chi connectivity index (χ3v) is 5.45. The Morgan fingerprint density at radius 3 is 2.46 bits per heavy atom. The Balaban J connectivity index is 1.49. The van der Waals surface area contributed by atoms with Crippen molar-refractivity contribution in [3.63, 3.8) is 0 Å². The number of amides is 1. The van der Waals surface area contributed by atoms with Crippen molar-refractivity contribution in [3.05, 3.63) is 35.6 Å². The monoisotopic (exact) mass is 332 g/mol. The van der Waals surface area contributed by atoms with Gasteiger partial charge in [-0.3, -0.25) is 9.69 Å². The first-order valence-electron chi connectivity index (χ1n) is 9.48. The molecule has 1 saturated carbocycles. The van der Waals surface area contributed by atoms with Crippen LogP contribution in [0.2, 0.25) is 0 Å². The van der Waals surface area contributed by atoms with Gasteiger partial charge in [-0.05, 0) is 56.3 Å². The van der Waals surface area contributed by atoms with Crippen molar-refractivity contribution in [1.82, 2.24) is 10.2 Å². The number of hydrogen-bond donors (Lipinski definition) is 1. The summed E-state index contributed by atoms with van der Waals surface area (Å²) >= 11 is 0. The lowest BCUT2D eigenvalue weighted by atomic mass is 10.0. The Bertz CT molecular complexity index is 523. The Hall–Kier alpha value is -1.42. The minimum absolute atomic E-state index is 0.174.